The number of benzene rings is 2. The molecule has 2 aromatic carbocycles. The van der Waals surface area contributed by atoms with Crippen molar-refractivity contribution >= 4 is 10.8 Å². The van der Waals surface area contributed by atoms with Crippen LogP contribution in [0.3, 0.4) is 0 Å². The normalized spacial score (nSPS) is 15.2. The highest BCUT2D eigenvalue weighted by atomic mass is 32.2. The van der Waals surface area contributed by atoms with Crippen LogP contribution >= 0.6 is 0 Å². The zero-order valence-electron chi connectivity index (χ0n) is 15.8. The first-order valence-corrected chi connectivity index (χ1v) is 9.86. The molecule has 1 atom stereocenters. The van der Waals surface area contributed by atoms with Gasteiger partial charge in [-0.3, -0.25) is 0 Å². The predicted molar refractivity (Wildman–Crippen MR) is 105 cm³/mol. The topological polar surface area (TPSA) is 42.0 Å². The zero-order chi connectivity index (χ0) is 18.7. The third kappa shape index (κ3) is 4.26. The average Bonchev–Trinajstić information content (AvgIpc) is 2.86. The SMILES string of the molecule is CN(C)CCOc1ccc2c(c1)-c1ccc(OCCN(C)C)cc1S2=O. The van der Waals surface area contributed by atoms with Crippen molar-refractivity contribution < 1.29 is 13.7 Å². The van der Waals surface area contributed by atoms with Crippen LogP contribution in [0.1, 0.15) is 0 Å². The molecule has 0 saturated carbocycles. The van der Waals surface area contributed by atoms with E-state index in [9.17, 15) is 4.21 Å². The lowest BCUT2D eigenvalue weighted by atomic mass is 10.1. The molecule has 0 aromatic heterocycles. The van der Waals surface area contributed by atoms with Crippen molar-refractivity contribution in [1.82, 2.24) is 9.80 Å². The van der Waals surface area contributed by atoms with Gasteiger partial charge in [0.25, 0.3) is 0 Å². The minimum atomic E-state index is -1.17. The van der Waals surface area contributed by atoms with Crippen molar-refractivity contribution in [2.45, 2.75) is 9.79 Å². The van der Waals surface area contributed by atoms with Gasteiger partial charge in [-0.05, 0) is 70.2 Å². The predicted octanol–water partition coefficient (Wildman–Crippen LogP) is 2.71. The molecular formula is C20H26N2O3S. The van der Waals surface area contributed by atoms with E-state index in [-0.39, 0.29) is 0 Å². The number of rotatable bonds is 8. The molecule has 0 saturated heterocycles. The standard InChI is InChI=1S/C20H26N2O3S/c1-21(2)9-11-24-15-6-8-19-18(13-15)17-7-5-16(14-20(17)26(19)23)25-12-10-22(3)4/h5-8,13-14H,9-12H2,1-4H3. The van der Waals surface area contributed by atoms with Gasteiger partial charge in [-0.1, -0.05) is 0 Å². The fraction of sp³-hybridized carbons (Fsp3) is 0.400. The molecular weight excluding hydrogens is 348 g/mol. The van der Waals surface area contributed by atoms with Crippen molar-refractivity contribution in [3.63, 3.8) is 0 Å². The summed E-state index contributed by atoms with van der Waals surface area (Å²) in [5.41, 5.74) is 1.98. The lowest BCUT2D eigenvalue weighted by Gasteiger charge is -2.12. The molecule has 0 bridgehead atoms. The summed E-state index contributed by atoms with van der Waals surface area (Å²) in [6, 6.07) is 11.6. The Morgan fingerprint density at radius 3 is 1.96 bits per heavy atom. The van der Waals surface area contributed by atoms with Crippen LogP contribution < -0.4 is 9.47 Å². The van der Waals surface area contributed by atoms with Crippen molar-refractivity contribution in [3.05, 3.63) is 36.4 Å². The smallest absolute Gasteiger partial charge is 0.120 e. The molecule has 1 heterocycles. The highest BCUT2D eigenvalue weighted by Gasteiger charge is 2.26. The molecule has 140 valence electrons. The Morgan fingerprint density at radius 2 is 1.35 bits per heavy atom. The summed E-state index contributed by atoms with van der Waals surface area (Å²) >= 11 is 0. The molecule has 1 aliphatic rings. The molecule has 6 heteroatoms. The van der Waals surface area contributed by atoms with Crippen LogP contribution in [-0.2, 0) is 10.8 Å². The molecule has 0 N–H and O–H groups in total. The highest BCUT2D eigenvalue weighted by molar-refractivity contribution is 7.85. The fourth-order valence-corrected chi connectivity index (χ4v) is 4.15. The van der Waals surface area contributed by atoms with E-state index in [2.05, 4.69) is 9.80 Å². The van der Waals surface area contributed by atoms with Gasteiger partial charge in [-0.15, -0.1) is 0 Å². The molecule has 2 aromatic rings. The lowest BCUT2D eigenvalue weighted by Crippen LogP contribution is -2.19. The minimum absolute atomic E-state index is 0.606. The van der Waals surface area contributed by atoms with E-state index in [4.69, 9.17) is 9.47 Å². The number of ether oxygens (including phenoxy) is 2. The van der Waals surface area contributed by atoms with Crippen molar-refractivity contribution in [3.8, 4) is 22.6 Å². The Balaban J connectivity index is 1.77. The van der Waals surface area contributed by atoms with Crippen LogP contribution in [0.5, 0.6) is 11.5 Å². The average molecular weight is 375 g/mol. The minimum Gasteiger partial charge on any atom is -0.492 e. The van der Waals surface area contributed by atoms with Gasteiger partial charge in [0.15, 0.2) is 0 Å². The van der Waals surface area contributed by atoms with Crippen LogP contribution in [0.2, 0.25) is 0 Å². The summed E-state index contributed by atoms with van der Waals surface area (Å²) in [7, 11) is 6.88. The summed E-state index contributed by atoms with van der Waals surface area (Å²) in [6.45, 7) is 2.93. The quantitative estimate of drug-likeness (QED) is 0.606. The van der Waals surface area contributed by atoms with Gasteiger partial charge in [0, 0.05) is 18.7 Å². The summed E-state index contributed by atoms with van der Waals surface area (Å²) in [6.07, 6.45) is 0. The van der Waals surface area contributed by atoms with Crippen molar-refractivity contribution in [1.29, 1.82) is 0 Å². The van der Waals surface area contributed by atoms with Crippen LogP contribution in [0.25, 0.3) is 11.1 Å². The van der Waals surface area contributed by atoms with E-state index in [1.165, 1.54) is 0 Å². The molecule has 0 amide bonds. The monoisotopic (exact) mass is 374 g/mol. The fourth-order valence-electron chi connectivity index (χ4n) is 2.75. The maximum atomic E-state index is 12.8. The number of hydrogen-bond acceptors (Lipinski definition) is 5. The van der Waals surface area contributed by atoms with Gasteiger partial charge in [-0.25, -0.2) is 4.21 Å². The maximum Gasteiger partial charge on any atom is 0.120 e. The molecule has 26 heavy (non-hydrogen) atoms. The molecule has 1 aliphatic heterocycles. The molecule has 0 radical (unpaired) electrons. The first-order chi connectivity index (χ1) is 12.5. The van der Waals surface area contributed by atoms with E-state index >= 15 is 0 Å². The van der Waals surface area contributed by atoms with Crippen LogP contribution in [0, 0.1) is 0 Å². The summed E-state index contributed by atoms with van der Waals surface area (Å²) < 4.78 is 24.4. The van der Waals surface area contributed by atoms with E-state index < -0.39 is 10.8 Å². The third-order valence-electron chi connectivity index (χ3n) is 4.21. The van der Waals surface area contributed by atoms with Gasteiger partial charge in [-0.2, -0.15) is 0 Å². The molecule has 1 unspecified atom stereocenters. The van der Waals surface area contributed by atoms with Crippen LogP contribution in [0.15, 0.2) is 46.2 Å². The van der Waals surface area contributed by atoms with E-state index in [0.717, 1.165) is 45.5 Å². The van der Waals surface area contributed by atoms with Crippen molar-refractivity contribution in [2.75, 3.05) is 54.5 Å². The van der Waals surface area contributed by atoms with Gasteiger partial charge >= 0.3 is 0 Å². The van der Waals surface area contributed by atoms with Crippen molar-refractivity contribution in [2.24, 2.45) is 0 Å². The Bertz CT molecular complexity index is 806. The molecule has 3 rings (SSSR count). The second-order valence-corrected chi connectivity index (χ2v) is 8.31. The third-order valence-corrected chi connectivity index (χ3v) is 5.70. The second kappa shape index (κ2) is 8.20. The lowest BCUT2D eigenvalue weighted by molar-refractivity contribution is 0.261. The Labute approximate surface area is 158 Å². The van der Waals surface area contributed by atoms with Gasteiger partial charge in [0.2, 0.25) is 0 Å². The Hall–Kier alpha value is -1.89. The van der Waals surface area contributed by atoms with Crippen LogP contribution in [-0.4, -0.2) is 68.5 Å². The number of hydrogen-bond donors (Lipinski definition) is 0. The molecule has 5 nitrogen and oxygen atoms in total. The summed E-state index contributed by atoms with van der Waals surface area (Å²) in [4.78, 5) is 5.80. The summed E-state index contributed by atoms with van der Waals surface area (Å²) in [5, 5.41) is 0. The number of fused-ring (bicyclic) bond motifs is 3. The summed E-state index contributed by atoms with van der Waals surface area (Å²) in [5.74, 6) is 1.57. The van der Waals surface area contributed by atoms with Crippen LogP contribution in [0.4, 0.5) is 0 Å². The molecule has 0 aliphatic carbocycles. The van der Waals surface area contributed by atoms with Gasteiger partial charge in [0.1, 0.15) is 24.7 Å². The zero-order valence-corrected chi connectivity index (χ0v) is 16.6. The number of nitrogens with zero attached hydrogens (tertiary/aromatic N) is 2. The molecule has 0 fully saturated rings. The first kappa shape index (κ1) is 18.9. The molecule has 0 spiro atoms. The second-order valence-electron chi connectivity index (χ2n) is 6.89. The van der Waals surface area contributed by atoms with E-state index in [0.29, 0.717) is 13.2 Å². The van der Waals surface area contributed by atoms with E-state index in [1.54, 1.807) is 0 Å². The Morgan fingerprint density at radius 1 is 0.769 bits per heavy atom. The van der Waals surface area contributed by atoms with E-state index in [1.807, 2.05) is 64.6 Å². The number of likely N-dealkylation sites (N-methyl/N-ethyl adjacent to an activating group) is 2. The highest BCUT2D eigenvalue weighted by Crippen LogP contribution is 2.43. The first-order valence-electron chi connectivity index (χ1n) is 8.71. The van der Waals surface area contributed by atoms with Gasteiger partial charge in [0.05, 0.1) is 20.6 Å². The van der Waals surface area contributed by atoms with Gasteiger partial charge < -0.3 is 19.3 Å². The maximum absolute atomic E-state index is 12.8. The Kier molecular flexibility index (Phi) is 5.96. The largest absolute Gasteiger partial charge is 0.492 e.